The van der Waals surface area contributed by atoms with E-state index in [9.17, 15) is 24.6 Å². The van der Waals surface area contributed by atoms with Gasteiger partial charge in [0, 0.05) is 63.1 Å². The zero-order valence-electron chi connectivity index (χ0n) is 38.0. The van der Waals surface area contributed by atoms with Crippen molar-refractivity contribution < 1.29 is 38.6 Å². The smallest absolute Gasteiger partial charge is 0.254 e. The molecule has 0 spiro atoms. The number of phenolic OH excluding ortho intramolecular Hbond substituents is 1. The number of nitrogens with zero attached hydrogens (tertiary/aromatic N) is 5. The van der Waals surface area contributed by atoms with Crippen molar-refractivity contribution in [2.45, 2.75) is 77.6 Å². The maximum atomic E-state index is 14.1. The number of aromatic hydroxyl groups is 1. The fourth-order valence-corrected chi connectivity index (χ4v) is 8.68. The normalized spacial score (nSPS) is 15.6. The minimum absolute atomic E-state index is 0.0258. The number of rotatable bonds is 21. The number of thiazole rings is 1. The summed E-state index contributed by atoms with van der Waals surface area (Å²) in [6.07, 6.45) is 0.162. The van der Waals surface area contributed by atoms with E-state index in [2.05, 4.69) is 36.3 Å². The third-order valence-corrected chi connectivity index (χ3v) is 12.5. The van der Waals surface area contributed by atoms with Gasteiger partial charge in [0.1, 0.15) is 30.0 Å². The van der Waals surface area contributed by atoms with Crippen molar-refractivity contribution in [1.29, 1.82) is 0 Å². The first kappa shape index (κ1) is 48.1. The van der Waals surface area contributed by atoms with Crippen LogP contribution in [0.15, 0.2) is 95.0 Å². The van der Waals surface area contributed by atoms with Crippen LogP contribution < -0.4 is 31.2 Å². The average molecular weight is 932 g/mol. The van der Waals surface area contributed by atoms with Crippen LogP contribution in [-0.4, -0.2) is 98.2 Å². The Morgan fingerprint density at radius 3 is 2.45 bits per heavy atom. The Balaban J connectivity index is 0.798. The Kier molecular flexibility index (Phi) is 16.2. The molecule has 0 radical (unpaired) electrons. The lowest BCUT2D eigenvalue weighted by molar-refractivity contribution is -0.141. The summed E-state index contributed by atoms with van der Waals surface area (Å²) in [5, 5.41) is 42.1. The zero-order valence-corrected chi connectivity index (χ0v) is 38.8. The number of aryl methyl sites for hydroxylation is 1. The van der Waals surface area contributed by atoms with E-state index >= 15 is 0 Å². The van der Waals surface area contributed by atoms with E-state index in [-0.39, 0.29) is 73.1 Å². The quantitative estimate of drug-likeness (QED) is 0.0473. The molecule has 0 saturated carbocycles. The van der Waals surface area contributed by atoms with Crippen LogP contribution in [0.3, 0.4) is 0 Å². The first-order valence-corrected chi connectivity index (χ1v) is 23.2. The van der Waals surface area contributed by atoms with E-state index < -0.39 is 18.1 Å². The molecule has 6 aromatic rings. The number of benzene rings is 3. The SMILES string of the molecule is Cc1ncsc1-c1ccc([C@H](C)NC(=O)[C@@H]2C[C@@H](O)CN2C(=O)[C@@H](c2cc(OCCNCCC(=O)NCc3ccc(CCOc4cc(-c5ccccc5O)nnc4N)cc3)no2)C(C)C)cc1. The minimum Gasteiger partial charge on any atom is -0.507 e. The summed E-state index contributed by atoms with van der Waals surface area (Å²) in [4.78, 5) is 47.2. The largest absolute Gasteiger partial charge is 0.507 e. The summed E-state index contributed by atoms with van der Waals surface area (Å²) in [6, 6.07) is 24.8. The van der Waals surface area contributed by atoms with Crippen molar-refractivity contribution in [3.05, 3.63) is 119 Å². The number of ether oxygens (including phenoxy) is 2. The third-order valence-electron chi connectivity index (χ3n) is 11.6. The number of anilines is 1. The lowest BCUT2D eigenvalue weighted by atomic mass is 9.91. The first-order valence-electron chi connectivity index (χ1n) is 22.3. The molecule has 0 unspecified atom stereocenters. The third kappa shape index (κ3) is 12.5. The Morgan fingerprint density at radius 1 is 0.955 bits per heavy atom. The van der Waals surface area contributed by atoms with Crippen LogP contribution in [0, 0.1) is 12.8 Å². The van der Waals surface area contributed by atoms with Gasteiger partial charge in [-0.1, -0.05) is 74.5 Å². The Labute approximate surface area is 393 Å². The van der Waals surface area contributed by atoms with Crippen molar-refractivity contribution in [1.82, 2.24) is 41.2 Å². The van der Waals surface area contributed by atoms with Gasteiger partial charge in [-0.3, -0.25) is 14.4 Å². The van der Waals surface area contributed by atoms with Crippen molar-refractivity contribution in [2.75, 3.05) is 38.6 Å². The van der Waals surface area contributed by atoms with E-state index in [0.29, 0.717) is 55.4 Å². The molecule has 17 nitrogen and oxygen atoms in total. The van der Waals surface area contributed by atoms with Crippen molar-refractivity contribution in [2.24, 2.45) is 5.92 Å². The van der Waals surface area contributed by atoms with Gasteiger partial charge in [-0.25, -0.2) is 4.98 Å². The lowest BCUT2D eigenvalue weighted by Gasteiger charge is -2.29. The van der Waals surface area contributed by atoms with Gasteiger partial charge in [0.2, 0.25) is 17.7 Å². The number of carbonyl (C=O) groups excluding carboxylic acids is 3. The van der Waals surface area contributed by atoms with Gasteiger partial charge in [-0.15, -0.1) is 21.5 Å². The number of aliphatic hydroxyl groups is 1. The van der Waals surface area contributed by atoms with E-state index in [1.165, 1.54) is 4.90 Å². The highest BCUT2D eigenvalue weighted by atomic mass is 32.1. The summed E-state index contributed by atoms with van der Waals surface area (Å²) < 4.78 is 17.3. The second kappa shape index (κ2) is 22.5. The van der Waals surface area contributed by atoms with E-state index in [1.54, 1.807) is 47.7 Å². The molecule has 4 heterocycles. The number of aliphatic hydroxyl groups excluding tert-OH is 1. The number of nitrogen functional groups attached to an aromatic ring is 1. The van der Waals surface area contributed by atoms with Crippen LogP contribution in [0.4, 0.5) is 5.82 Å². The summed E-state index contributed by atoms with van der Waals surface area (Å²) in [5.41, 5.74) is 13.7. The summed E-state index contributed by atoms with van der Waals surface area (Å²) in [7, 11) is 0. The molecule has 18 heteroatoms. The van der Waals surface area contributed by atoms with Gasteiger partial charge in [0.15, 0.2) is 17.3 Å². The molecule has 1 aliphatic heterocycles. The van der Waals surface area contributed by atoms with E-state index in [1.807, 2.05) is 81.7 Å². The van der Waals surface area contributed by atoms with Gasteiger partial charge in [0.05, 0.1) is 34.8 Å². The Morgan fingerprint density at radius 2 is 1.72 bits per heavy atom. The molecule has 352 valence electrons. The van der Waals surface area contributed by atoms with Crippen molar-refractivity contribution >= 4 is 34.9 Å². The second-order valence-corrected chi connectivity index (χ2v) is 17.7. The molecule has 7 rings (SSSR count). The predicted molar refractivity (Wildman–Crippen MR) is 253 cm³/mol. The standard InChI is InChI=1S/C49H57N9O8S/c1-29(2)45(49(63)58-27-36(59)23-39(58)48(62)54-30(3)34-13-15-35(16-14-34)46-31(4)53-28-67-46)41-25-44(57-66-41)65-22-20-51-19-17-43(61)52-26-33-11-9-32(10-12-33)18-21-64-42-24-38(55-56-47(42)50)37-7-5-6-8-40(37)60/h5-16,24-25,28-30,36,39,45,51,59-60H,17-23,26-27H2,1-4H3,(H2,50,56)(H,52,61)(H,54,62)/t30-,36+,39-,45+/m0/s1. The van der Waals surface area contributed by atoms with Crippen LogP contribution in [0.2, 0.25) is 0 Å². The fourth-order valence-electron chi connectivity index (χ4n) is 7.87. The Bertz CT molecular complexity index is 2600. The summed E-state index contributed by atoms with van der Waals surface area (Å²) in [5.74, 6) is -0.599. The number of likely N-dealkylation sites (tertiary alicyclic amines) is 1. The predicted octanol–water partition coefficient (Wildman–Crippen LogP) is 5.73. The maximum Gasteiger partial charge on any atom is 0.254 e. The second-order valence-electron chi connectivity index (χ2n) is 16.8. The van der Waals surface area contributed by atoms with Crippen LogP contribution in [-0.2, 0) is 27.3 Å². The Hall–Kier alpha value is -6.89. The molecular formula is C49H57N9O8S. The number of hydrogen-bond donors (Lipinski definition) is 6. The first-order chi connectivity index (χ1) is 32.3. The average Bonchev–Trinajstić information content (AvgIpc) is 4.08. The molecule has 67 heavy (non-hydrogen) atoms. The molecule has 1 saturated heterocycles. The van der Waals surface area contributed by atoms with Crippen LogP contribution in [0.25, 0.3) is 21.7 Å². The number of carbonyl (C=O) groups is 3. The number of hydrogen-bond acceptors (Lipinski definition) is 15. The number of amides is 3. The lowest BCUT2D eigenvalue weighted by Crippen LogP contribution is -2.48. The van der Waals surface area contributed by atoms with Crippen molar-refractivity contribution in [3.63, 3.8) is 0 Å². The van der Waals surface area contributed by atoms with Gasteiger partial charge in [0.25, 0.3) is 5.88 Å². The van der Waals surface area contributed by atoms with Gasteiger partial charge < -0.3 is 50.8 Å². The van der Waals surface area contributed by atoms with Gasteiger partial charge in [-0.05, 0) is 59.3 Å². The molecule has 1 aliphatic rings. The monoisotopic (exact) mass is 931 g/mol. The van der Waals surface area contributed by atoms with Gasteiger partial charge in [-0.2, -0.15) is 0 Å². The zero-order chi connectivity index (χ0) is 47.5. The van der Waals surface area contributed by atoms with E-state index in [4.69, 9.17) is 19.7 Å². The molecule has 4 atom stereocenters. The molecule has 3 aromatic carbocycles. The van der Waals surface area contributed by atoms with Crippen LogP contribution in [0.5, 0.6) is 17.4 Å². The number of aromatic nitrogens is 4. The number of β-amino-alcohol motifs (C(OH)–C–C–N with tert-alkyl or cyclic N) is 1. The number of phenols is 1. The molecule has 7 N–H and O–H groups in total. The summed E-state index contributed by atoms with van der Waals surface area (Å²) >= 11 is 1.58. The maximum absolute atomic E-state index is 14.1. The molecular weight excluding hydrogens is 875 g/mol. The van der Waals surface area contributed by atoms with Crippen LogP contribution >= 0.6 is 11.3 Å². The number of nitrogens with two attached hydrogens (primary N) is 1. The van der Waals surface area contributed by atoms with Gasteiger partial charge >= 0.3 is 0 Å². The van der Waals surface area contributed by atoms with Crippen LogP contribution in [0.1, 0.15) is 73.7 Å². The van der Waals surface area contributed by atoms with Crippen molar-refractivity contribution in [3.8, 4) is 39.1 Å². The molecule has 0 aliphatic carbocycles. The molecule has 1 fully saturated rings. The number of para-hydroxylation sites is 1. The molecule has 3 aromatic heterocycles. The highest BCUT2D eigenvalue weighted by molar-refractivity contribution is 7.13. The van der Waals surface area contributed by atoms with E-state index in [0.717, 1.165) is 32.8 Å². The highest BCUT2D eigenvalue weighted by Gasteiger charge is 2.43. The number of nitrogens with one attached hydrogen (secondary N) is 3. The fraction of sp³-hybridized carbons (Fsp3) is 0.367. The topological polar surface area (TPSA) is 240 Å². The highest BCUT2D eigenvalue weighted by Crippen LogP contribution is 2.34. The summed E-state index contributed by atoms with van der Waals surface area (Å²) in [6.45, 7) is 9.51. The molecule has 0 bridgehead atoms. The molecule has 3 amide bonds. The minimum atomic E-state index is -0.853.